The molecule has 3 nitrogen and oxygen atoms in total. The van der Waals surface area contributed by atoms with Crippen molar-refractivity contribution >= 4 is 17.0 Å². The van der Waals surface area contributed by atoms with Gasteiger partial charge < -0.3 is 10.1 Å². The van der Waals surface area contributed by atoms with Gasteiger partial charge in [0.25, 0.3) is 0 Å². The lowest BCUT2D eigenvalue weighted by molar-refractivity contribution is 0.368. The number of hydrogen-bond donors (Lipinski definition) is 1. The Hall–Kier alpha value is -1.99. The van der Waals surface area contributed by atoms with Crippen molar-refractivity contribution in [1.29, 1.82) is 5.26 Å². The number of benzene rings is 1. The summed E-state index contributed by atoms with van der Waals surface area (Å²) in [6, 6.07) is 14.3. The molecule has 1 aromatic carbocycles. The zero-order chi connectivity index (χ0) is 14.4. The Morgan fingerprint density at radius 2 is 2.20 bits per heavy atom. The van der Waals surface area contributed by atoms with E-state index in [2.05, 4.69) is 31.3 Å². The van der Waals surface area contributed by atoms with Crippen LogP contribution in [0.4, 0.5) is 5.69 Å². The first-order valence-corrected chi connectivity index (χ1v) is 7.49. The van der Waals surface area contributed by atoms with Gasteiger partial charge in [0.2, 0.25) is 0 Å². The van der Waals surface area contributed by atoms with E-state index in [1.165, 1.54) is 9.75 Å². The molecule has 1 N–H and O–H groups in total. The summed E-state index contributed by atoms with van der Waals surface area (Å²) in [7, 11) is 0. The molecule has 0 bridgehead atoms. The first-order valence-electron chi connectivity index (χ1n) is 6.68. The molecule has 1 aromatic heterocycles. The lowest BCUT2D eigenvalue weighted by Gasteiger charge is -2.14. The van der Waals surface area contributed by atoms with E-state index in [9.17, 15) is 0 Å². The van der Waals surface area contributed by atoms with E-state index in [-0.39, 0.29) is 12.6 Å². The fourth-order valence-corrected chi connectivity index (χ4v) is 2.88. The second kappa shape index (κ2) is 6.97. The van der Waals surface area contributed by atoms with Crippen molar-refractivity contribution in [3.8, 4) is 11.8 Å². The summed E-state index contributed by atoms with van der Waals surface area (Å²) in [5, 5.41) is 12.0. The van der Waals surface area contributed by atoms with Crippen LogP contribution in [0.15, 0.2) is 36.4 Å². The third-order valence-corrected chi connectivity index (χ3v) is 4.39. The third-order valence-electron chi connectivity index (χ3n) is 2.98. The first-order chi connectivity index (χ1) is 9.72. The Morgan fingerprint density at radius 3 is 2.90 bits per heavy atom. The van der Waals surface area contributed by atoms with Crippen LogP contribution in [0.25, 0.3) is 0 Å². The predicted molar refractivity (Wildman–Crippen MR) is 83.3 cm³/mol. The fraction of sp³-hybridized carbons (Fsp3) is 0.312. The average Bonchev–Trinajstić information content (AvgIpc) is 2.94. The van der Waals surface area contributed by atoms with Crippen LogP contribution in [0.5, 0.6) is 5.75 Å². The minimum atomic E-state index is 0.0732. The van der Waals surface area contributed by atoms with E-state index >= 15 is 0 Å². The smallest absolute Gasteiger partial charge is 0.174 e. The molecule has 20 heavy (non-hydrogen) atoms. The van der Waals surface area contributed by atoms with Crippen LogP contribution in [-0.4, -0.2) is 6.61 Å². The standard InChI is InChI=1S/C16H18N2OS/c1-3-15-7-8-16(20-15)12(2)18-13-5-4-6-14(11-13)19-10-9-17/h4-8,11-12,18H,3,10H2,1-2H3. The van der Waals surface area contributed by atoms with Gasteiger partial charge in [-0.15, -0.1) is 11.3 Å². The summed E-state index contributed by atoms with van der Waals surface area (Å²) in [5.41, 5.74) is 0.999. The maximum atomic E-state index is 8.53. The molecular weight excluding hydrogens is 268 g/mol. The molecule has 1 heterocycles. The van der Waals surface area contributed by atoms with Gasteiger partial charge in [-0.05, 0) is 37.6 Å². The Morgan fingerprint density at radius 1 is 1.35 bits per heavy atom. The second-order valence-corrected chi connectivity index (χ2v) is 5.70. The SMILES string of the molecule is CCc1ccc(C(C)Nc2cccc(OCC#N)c2)s1. The highest BCUT2D eigenvalue weighted by atomic mass is 32.1. The number of nitrogens with zero attached hydrogens (tertiary/aromatic N) is 1. The zero-order valence-corrected chi connectivity index (χ0v) is 12.5. The molecule has 1 unspecified atom stereocenters. The van der Waals surface area contributed by atoms with Crippen molar-refractivity contribution in [2.24, 2.45) is 0 Å². The Kier molecular flexibility index (Phi) is 5.03. The van der Waals surface area contributed by atoms with E-state index in [0.29, 0.717) is 5.75 Å². The average molecular weight is 286 g/mol. The number of ether oxygens (including phenoxy) is 1. The molecule has 0 radical (unpaired) electrons. The summed E-state index contributed by atoms with van der Waals surface area (Å²) in [6.45, 7) is 4.39. The molecule has 104 valence electrons. The number of nitrogens with one attached hydrogen (secondary N) is 1. The molecule has 0 aliphatic rings. The van der Waals surface area contributed by atoms with Crippen LogP contribution in [0, 0.1) is 11.3 Å². The van der Waals surface area contributed by atoms with Crippen LogP contribution < -0.4 is 10.1 Å². The molecule has 0 aliphatic carbocycles. The van der Waals surface area contributed by atoms with Crippen molar-refractivity contribution in [2.75, 3.05) is 11.9 Å². The zero-order valence-electron chi connectivity index (χ0n) is 11.7. The summed E-state index contributed by atoms with van der Waals surface area (Å²) >= 11 is 1.84. The molecule has 2 rings (SSSR count). The number of anilines is 1. The minimum Gasteiger partial charge on any atom is -0.479 e. The summed E-state index contributed by atoms with van der Waals surface area (Å²) in [4.78, 5) is 2.73. The van der Waals surface area contributed by atoms with Gasteiger partial charge in [0.15, 0.2) is 6.61 Å². The van der Waals surface area contributed by atoms with Crippen molar-refractivity contribution in [3.63, 3.8) is 0 Å². The minimum absolute atomic E-state index is 0.0732. The Balaban J connectivity index is 2.03. The van der Waals surface area contributed by atoms with Crippen LogP contribution in [0.1, 0.15) is 29.6 Å². The van der Waals surface area contributed by atoms with Crippen molar-refractivity contribution in [1.82, 2.24) is 0 Å². The van der Waals surface area contributed by atoms with Gasteiger partial charge in [-0.1, -0.05) is 13.0 Å². The maximum Gasteiger partial charge on any atom is 0.174 e. The van der Waals surface area contributed by atoms with Crippen LogP contribution in [-0.2, 0) is 6.42 Å². The van der Waals surface area contributed by atoms with Crippen molar-refractivity contribution in [2.45, 2.75) is 26.3 Å². The largest absolute Gasteiger partial charge is 0.479 e. The fourth-order valence-electron chi connectivity index (χ4n) is 1.93. The van der Waals surface area contributed by atoms with E-state index < -0.39 is 0 Å². The van der Waals surface area contributed by atoms with Gasteiger partial charge >= 0.3 is 0 Å². The quantitative estimate of drug-likeness (QED) is 0.856. The highest BCUT2D eigenvalue weighted by Gasteiger charge is 2.08. The van der Waals surface area contributed by atoms with E-state index in [1.54, 1.807) is 0 Å². The monoisotopic (exact) mass is 286 g/mol. The molecule has 0 amide bonds. The molecule has 1 atom stereocenters. The molecule has 0 saturated carbocycles. The number of thiophene rings is 1. The summed E-state index contributed by atoms with van der Waals surface area (Å²) < 4.78 is 5.31. The molecule has 0 fully saturated rings. The van der Waals surface area contributed by atoms with Gasteiger partial charge in [-0.3, -0.25) is 0 Å². The molecule has 4 heteroatoms. The highest BCUT2D eigenvalue weighted by Crippen LogP contribution is 2.27. The van der Waals surface area contributed by atoms with Gasteiger partial charge in [0.05, 0.1) is 6.04 Å². The van der Waals surface area contributed by atoms with E-state index in [0.717, 1.165) is 12.1 Å². The van der Waals surface area contributed by atoms with Gasteiger partial charge in [-0.2, -0.15) is 5.26 Å². The van der Waals surface area contributed by atoms with Crippen molar-refractivity contribution < 1.29 is 4.74 Å². The van der Waals surface area contributed by atoms with Gasteiger partial charge in [0.1, 0.15) is 11.8 Å². The van der Waals surface area contributed by atoms with Gasteiger partial charge in [-0.25, -0.2) is 0 Å². The van der Waals surface area contributed by atoms with Gasteiger partial charge in [0, 0.05) is 21.5 Å². The van der Waals surface area contributed by atoms with E-state index in [1.807, 2.05) is 41.7 Å². The molecular formula is C16H18N2OS. The number of aryl methyl sites for hydroxylation is 1. The molecule has 2 aromatic rings. The van der Waals surface area contributed by atoms with E-state index in [4.69, 9.17) is 10.00 Å². The number of hydrogen-bond acceptors (Lipinski definition) is 4. The Bertz CT molecular complexity index is 601. The van der Waals surface area contributed by atoms with Crippen LogP contribution in [0.3, 0.4) is 0 Å². The third kappa shape index (κ3) is 3.75. The topological polar surface area (TPSA) is 45.0 Å². The van der Waals surface area contributed by atoms with Crippen LogP contribution >= 0.6 is 11.3 Å². The lowest BCUT2D eigenvalue weighted by atomic mass is 10.2. The maximum absolute atomic E-state index is 8.53. The molecule has 0 spiro atoms. The summed E-state index contributed by atoms with van der Waals surface area (Å²) in [6.07, 6.45) is 1.08. The normalized spacial score (nSPS) is 11.7. The van der Waals surface area contributed by atoms with Crippen LogP contribution in [0.2, 0.25) is 0 Å². The Labute approximate surface area is 123 Å². The first kappa shape index (κ1) is 14.4. The summed E-state index contributed by atoms with van der Waals surface area (Å²) in [5.74, 6) is 0.712. The van der Waals surface area contributed by atoms with Crippen molar-refractivity contribution in [3.05, 3.63) is 46.2 Å². The second-order valence-electron chi connectivity index (χ2n) is 4.50. The lowest BCUT2D eigenvalue weighted by Crippen LogP contribution is -2.05. The molecule has 0 aliphatic heterocycles. The predicted octanol–water partition coefficient (Wildman–Crippen LogP) is 4.39. The number of nitriles is 1. The number of rotatable bonds is 6. The molecule has 0 saturated heterocycles. The highest BCUT2D eigenvalue weighted by molar-refractivity contribution is 7.12.